The van der Waals surface area contributed by atoms with Gasteiger partial charge in [-0.1, -0.05) is 32.1 Å². The number of aliphatic hydroxyl groups is 1. The predicted octanol–water partition coefficient (Wildman–Crippen LogP) is 1.56. The second-order valence-corrected chi connectivity index (χ2v) is 4.38. The van der Waals surface area contributed by atoms with Crippen molar-refractivity contribution < 1.29 is 9.84 Å². The quantitative estimate of drug-likeness (QED) is 0.604. The molecule has 1 saturated carbocycles. The average Bonchev–Trinajstić information content (AvgIpc) is 2.29. The lowest BCUT2D eigenvalue weighted by atomic mass is 9.87. The molecule has 1 aliphatic rings. The number of aliphatic hydroxyl groups excluding tert-OH is 1. The SMILES string of the molecule is OCCOCCNCCC1CCCCC1. The van der Waals surface area contributed by atoms with Crippen LogP contribution in [0.1, 0.15) is 38.5 Å². The van der Waals surface area contributed by atoms with Crippen LogP contribution in [0.4, 0.5) is 0 Å². The van der Waals surface area contributed by atoms with E-state index in [0.717, 1.165) is 19.0 Å². The number of nitrogens with one attached hydrogen (secondary N) is 1. The van der Waals surface area contributed by atoms with E-state index in [1.807, 2.05) is 0 Å². The molecule has 3 nitrogen and oxygen atoms in total. The van der Waals surface area contributed by atoms with Crippen molar-refractivity contribution in [2.45, 2.75) is 38.5 Å². The Hall–Kier alpha value is -0.120. The molecule has 0 radical (unpaired) electrons. The lowest BCUT2D eigenvalue weighted by Crippen LogP contribution is -2.23. The molecule has 0 aromatic rings. The third-order valence-corrected chi connectivity index (χ3v) is 3.11. The van der Waals surface area contributed by atoms with E-state index in [4.69, 9.17) is 9.84 Å². The number of ether oxygens (including phenoxy) is 1. The van der Waals surface area contributed by atoms with Gasteiger partial charge >= 0.3 is 0 Å². The zero-order valence-corrected chi connectivity index (χ0v) is 9.71. The van der Waals surface area contributed by atoms with Crippen LogP contribution >= 0.6 is 0 Å². The summed E-state index contributed by atoms with van der Waals surface area (Å²) in [6.07, 6.45) is 8.50. The van der Waals surface area contributed by atoms with Gasteiger partial charge in [0, 0.05) is 6.54 Å². The molecular weight excluding hydrogens is 190 g/mol. The monoisotopic (exact) mass is 215 g/mol. The first-order valence-corrected chi connectivity index (χ1v) is 6.33. The Morgan fingerprint density at radius 2 is 1.87 bits per heavy atom. The van der Waals surface area contributed by atoms with Gasteiger partial charge in [0.15, 0.2) is 0 Å². The van der Waals surface area contributed by atoms with E-state index >= 15 is 0 Å². The summed E-state index contributed by atoms with van der Waals surface area (Å²) >= 11 is 0. The van der Waals surface area contributed by atoms with Gasteiger partial charge in [-0.3, -0.25) is 0 Å². The van der Waals surface area contributed by atoms with Gasteiger partial charge in [0.05, 0.1) is 19.8 Å². The zero-order chi connectivity index (χ0) is 10.8. The standard InChI is InChI=1S/C12H25NO2/c14-9-11-15-10-8-13-7-6-12-4-2-1-3-5-12/h12-14H,1-11H2. The third-order valence-electron chi connectivity index (χ3n) is 3.11. The number of rotatable bonds is 8. The molecule has 3 heteroatoms. The van der Waals surface area contributed by atoms with Crippen LogP contribution in [0.3, 0.4) is 0 Å². The van der Waals surface area contributed by atoms with Gasteiger partial charge in [0.25, 0.3) is 0 Å². The fraction of sp³-hybridized carbons (Fsp3) is 1.00. The predicted molar refractivity (Wildman–Crippen MR) is 62.0 cm³/mol. The summed E-state index contributed by atoms with van der Waals surface area (Å²) in [5.74, 6) is 0.963. The van der Waals surface area contributed by atoms with E-state index in [1.165, 1.54) is 38.5 Å². The maximum absolute atomic E-state index is 8.49. The Balaban J connectivity index is 1.79. The van der Waals surface area contributed by atoms with Crippen molar-refractivity contribution in [2.24, 2.45) is 5.92 Å². The summed E-state index contributed by atoms with van der Waals surface area (Å²) in [4.78, 5) is 0. The van der Waals surface area contributed by atoms with Gasteiger partial charge in [-0.25, -0.2) is 0 Å². The molecule has 0 bridgehead atoms. The second-order valence-electron chi connectivity index (χ2n) is 4.38. The molecule has 0 saturated heterocycles. The highest BCUT2D eigenvalue weighted by atomic mass is 16.5. The number of hydrogen-bond donors (Lipinski definition) is 2. The topological polar surface area (TPSA) is 41.5 Å². The summed E-state index contributed by atoms with van der Waals surface area (Å²) in [6, 6.07) is 0. The van der Waals surface area contributed by atoms with Crippen molar-refractivity contribution >= 4 is 0 Å². The van der Waals surface area contributed by atoms with Crippen LogP contribution in [-0.4, -0.2) is 38.0 Å². The van der Waals surface area contributed by atoms with Crippen molar-refractivity contribution in [1.82, 2.24) is 5.32 Å². The Morgan fingerprint density at radius 3 is 2.60 bits per heavy atom. The van der Waals surface area contributed by atoms with Crippen molar-refractivity contribution in [3.05, 3.63) is 0 Å². The molecule has 2 N–H and O–H groups in total. The highest BCUT2D eigenvalue weighted by Gasteiger charge is 2.12. The van der Waals surface area contributed by atoms with E-state index in [2.05, 4.69) is 5.32 Å². The van der Waals surface area contributed by atoms with Crippen molar-refractivity contribution in [3.63, 3.8) is 0 Å². The van der Waals surface area contributed by atoms with E-state index in [-0.39, 0.29) is 6.61 Å². The van der Waals surface area contributed by atoms with Crippen LogP contribution in [0.2, 0.25) is 0 Å². The minimum atomic E-state index is 0.127. The van der Waals surface area contributed by atoms with Gasteiger partial charge in [-0.05, 0) is 18.9 Å². The lowest BCUT2D eigenvalue weighted by molar-refractivity contribution is 0.0937. The summed E-state index contributed by atoms with van der Waals surface area (Å²) in [5, 5.41) is 11.9. The van der Waals surface area contributed by atoms with Crippen LogP contribution < -0.4 is 5.32 Å². The molecule has 0 unspecified atom stereocenters. The van der Waals surface area contributed by atoms with Gasteiger partial charge in [0.2, 0.25) is 0 Å². The first-order chi connectivity index (χ1) is 7.43. The molecule has 15 heavy (non-hydrogen) atoms. The van der Waals surface area contributed by atoms with Gasteiger partial charge in [0.1, 0.15) is 0 Å². The first kappa shape index (κ1) is 12.9. The minimum Gasteiger partial charge on any atom is -0.394 e. The van der Waals surface area contributed by atoms with E-state index in [1.54, 1.807) is 0 Å². The Labute approximate surface area is 93.2 Å². The Morgan fingerprint density at radius 1 is 1.07 bits per heavy atom. The molecular formula is C12H25NO2. The molecule has 0 aromatic heterocycles. The zero-order valence-electron chi connectivity index (χ0n) is 9.71. The second kappa shape index (κ2) is 9.13. The summed E-state index contributed by atoms with van der Waals surface area (Å²) in [7, 11) is 0. The fourth-order valence-corrected chi connectivity index (χ4v) is 2.22. The van der Waals surface area contributed by atoms with Crippen LogP contribution in [0.15, 0.2) is 0 Å². The first-order valence-electron chi connectivity index (χ1n) is 6.33. The van der Waals surface area contributed by atoms with Crippen molar-refractivity contribution in [3.8, 4) is 0 Å². The molecule has 1 aliphatic carbocycles. The van der Waals surface area contributed by atoms with Crippen LogP contribution in [0.5, 0.6) is 0 Å². The maximum Gasteiger partial charge on any atom is 0.0698 e. The Kier molecular flexibility index (Phi) is 7.88. The summed E-state index contributed by atoms with van der Waals surface area (Å²) in [6.45, 7) is 3.33. The minimum absolute atomic E-state index is 0.127. The van der Waals surface area contributed by atoms with Crippen LogP contribution in [0.25, 0.3) is 0 Å². The highest BCUT2D eigenvalue weighted by molar-refractivity contribution is 4.66. The maximum atomic E-state index is 8.49. The summed E-state index contributed by atoms with van der Waals surface area (Å²) < 4.78 is 5.16. The lowest BCUT2D eigenvalue weighted by Gasteiger charge is -2.21. The molecule has 90 valence electrons. The molecule has 1 fully saturated rings. The van der Waals surface area contributed by atoms with Crippen molar-refractivity contribution in [2.75, 3.05) is 32.9 Å². The molecule has 1 rings (SSSR count). The normalized spacial score (nSPS) is 18.2. The smallest absolute Gasteiger partial charge is 0.0698 e. The Bertz CT molecular complexity index is 136. The molecule has 0 amide bonds. The molecule has 0 aliphatic heterocycles. The molecule has 0 atom stereocenters. The van der Waals surface area contributed by atoms with E-state index < -0.39 is 0 Å². The molecule has 0 heterocycles. The van der Waals surface area contributed by atoms with Gasteiger partial charge < -0.3 is 15.2 Å². The van der Waals surface area contributed by atoms with Crippen LogP contribution in [0, 0.1) is 5.92 Å². The highest BCUT2D eigenvalue weighted by Crippen LogP contribution is 2.25. The average molecular weight is 215 g/mol. The van der Waals surface area contributed by atoms with E-state index in [0.29, 0.717) is 13.2 Å². The van der Waals surface area contributed by atoms with Crippen LogP contribution in [-0.2, 0) is 4.74 Å². The molecule has 0 spiro atoms. The van der Waals surface area contributed by atoms with E-state index in [9.17, 15) is 0 Å². The largest absolute Gasteiger partial charge is 0.394 e. The third kappa shape index (κ3) is 6.88. The molecule has 0 aromatic carbocycles. The van der Waals surface area contributed by atoms with Crippen molar-refractivity contribution in [1.29, 1.82) is 0 Å². The van der Waals surface area contributed by atoms with Gasteiger partial charge in [-0.15, -0.1) is 0 Å². The van der Waals surface area contributed by atoms with Gasteiger partial charge in [-0.2, -0.15) is 0 Å². The fourth-order valence-electron chi connectivity index (χ4n) is 2.22. The number of hydrogen-bond acceptors (Lipinski definition) is 3. The summed E-state index contributed by atoms with van der Waals surface area (Å²) in [5.41, 5.74) is 0.